The molecule has 1 heterocycles. The van der Waals surface area contributed by atoms with Gasteiger partial charge >= 0.3 is 12.1 Å². The number of nitrogens with one attached hydrogen (secondary N) is 1. The van der Waals surface area contributed by atoms with Crippen LogP contribution in [0.5, 0.6) is 0 Å². The van der Waals surface area contributed by atoms with E-state index in [2.05, 4.69) is 21.9 Å². The van der Waals surface area contributed by atoms with Gasteiger partial charge in [-0.3, -0.25) is 0 Å². The monoisotopic (exact) mass is 419 g/mol. The Labute approximate surface area is 172 Å². The summed E-state index contributed by atoms with van der Waals surface area (Å²) in [6, 6.07) is 8.39. The van der Waals surface area contributed by atoms with Crippen molar-refractivity contribution in [3.05, 3.63) is 47.8 Å². The highest BCUT2D eigenvalue weighted by molar-refractivity contribution is 7.53. The van der Waals surface area contributed by atoms with Crippen LogP contribution in [-0.4, -0.2) is 51.7 Å². The number of nitrogens with zero attached hydrogens (tertiary/aromatic N) is 3. The van der Waals surface area contributed by atoms with E-state index in [-0.39, 0.29) is 13.0 Å². The molecule has 1 aromatic heterocycles. The third kappa shape index (κ3) is 8.44. The summed E-state index contributed by atoms with van der Waals surface area (Å²) in [4.78, 5) is 24.9. The molecule has 0 saturated carbocycles. The molecule has 0 spiro atoms. The van der Waals surface area contributed by atoms with Crippen molar-refractivity contribution in [1.82, 2.24) is 20.3 Å². The molecular formula is C20H28N4O4P+. The van der Waals surface area contributed by atoms with E-state index in [4.69, 9.17) is 9.47 Å². The van der Waals surface area contributed by atoms with Gasteiger partial charge in [-0.15, -0.1) is 5.10 Å². The van der Waals surface area contributed by atoms with E-state index in [1.165, 1.54) is 0 Å². The minimum atomic E-state index is -0.943. The Kier molecular flexibility index (Phi) is 7.91. The Morgan fingerprint density at radius 2 is 1.97 bits per heavy atom. The van der Waals surface area contributed by atoms with Crippen LogP contribution in [0.4, 0.5) is 4.79 Å². The van der Waals surface area contributed by atoms with Crippen LogP contribution >= 0.6 is 7.55 Å². The zero-order valence-electron chi connectivity index (χ0n) is 17.3. The quantitative estimate of drug-likeness (QED) is 0.522. The van der Waals surface area contributed by atoms with Crippen LogP contribution in [0.25, 0.3) is 0 Å². The van der Waals surface area contributed by atoms with Crippen molar-refractivity contribution in [2.45, 2.75) is 51.7 Å². The predicted molar refractivity (Wildman–Crippen MR) is 113 cm³/mol. The zero-order chi connectivity index (χ0) is 21.4. The van der Waals surface area contributed by atoms with Crippen LogP contribution in [0.15, 0.2) is 36.5 Å². The first-order chi connectivity index (χ1) is 13.6. The third-order valence-electron chi connectivity index (χ3n) is 3.59. The molecule has 1 amide bonds. The van der Waals surface area contributed by atoms with Gasteiger partial charge in [0.2, 0.25) is 0 Å². The lowest BCUT2D eigenvalue weighted by Crippen LogP contribution is -2.45. The molecule has 8 nitrogen and oxygen atoms in total. The van der Waals surface area contributed by atoms with E-state index in [1.807, 2.05) is 37.0 Å². The molecule has 2 aromatic rings. The molecule has 0 fully saturated rings. The second-order valence-corrected chi connectivity index (χ2v) is 9.74. The topological polar surface area (TPSA) is 95.3 Å². The molecule has 2 unspecified atom stereocenters. The summed E-state index contributed by atoms with van der Waals surface area (Å²) >= 11 is 0. The van der Waals surface area contributed by atoms with E-state index in [9.17, 15) is 9.59 Å². The summed E-state index contributed by atoms with van der Waals surface area (Å²) in [6.07, 6.45) is 5.86. The Balaban J connectivity index is 2.07. The number of alkyl carbamates (subject to hydrolysis) is 1. The fourth-order valence-corrected chi connectivity index (χ4v) is 3.06. The molecule has 0 aliphatic carbocycles. The van der Waals surface area contributed by atoms with Crippen LogP contribution in [0, 0.1) is 0 Å². The highest BCUT2D eigenvalue weighted by Crippen LogP contribution is 2.15. The summed E-state index contributed by atoms with van der Waals surface area (Å²) in [6.45, 7) is 7.40. The van der Waals surface area contributed by atoms with E-state index in [0.717, 1.165) is 5.56 Å². The molecule has 1 N–H and O–H groups in total. The number of ether oxygens (including phenoxy) is 2. The highest BCUT2D eigenvalue weighted by atomic mass is 31.1. The summed E-state index contributed by atoms with van der Waals surface area (Å²) in [5.74, 6) is -0.566. The molecule has 9 heteroatoms. The van der Waals surface area contributed by atoms with Crippen LogP contribution in [0.2, 0.25) is 0 Å². The number of rotatable bonds is 8. The largest absolute Gasteiger partial charge is 0.459 e. The van der Waals surface area contributed by atoms with Crippen LogP contribution in [0.1, 0.15) is 32.0 Å². The Morgan fingerprint density at radius 1 is 1.28 bits per heavy atom. The van der Waals surface area contributed by atoms with Gasteiger partial charge in [-0.1, -0.05) is 35.5 Å². The molecule has 0 saturated heterocycles. The normalized spacial score (nSPS) is 12.8. The molecule has 1 aromatic carbocycles. The molecular weight excluding hydrogens is 391 g/mol. The summed E-state index contributed by atoms with van der Waals surface area (Å²) < 4.78 is 12.4. The van der Waals surface area contributed by atoms with Crippen molar-refractivity contribution in [2.75, 3.05) is 6.66 Å². The minimum absolute atomic E-state index is 0.112. The standard InChI is InChI=1S/C20H27N4O4P/c1-20(2,3)28-19(26)21-17(11-16-12-24(23-22-16)14-29(4)5)18(25)27-13-15-9-7-6-8-10-15/h6-10,12,17H,4,11,13-14H2,1-3,5H3/p+1. The Hall–Kier alpha value is -2.73. The van der Waals surface area contributed by atoms with Crippen LogP contribution < -0.4 is 5.32 Å². The summed E-state index contributed by atoms with van der Waals surface area (Å²) in [5, 5.41) is 10.7. The number of hydrogen-bond acceptors (Lipinski definition) is 6. The first-order valence-electron chi connectivity index (χ1n) is 9.23. The smallest absolute Gasteiger partial charge is 0.408 e. The minimum Gasteiger partial charge on any atom is -0.459 e. The van der Waals surface area contributed by atoms with E-state index in [1.54, 1.807) is 31.6 Å². The number of esters is 1. The van der Waals surface area contributed by atoms with Gasteiger partial charge in [0.25, 0.3) is 0 Å². The Bertz CT molecular complexity index is 846. The van der Waals surface area contributed by atoms with Gasteiger partial charge in [0.15, 0.2) is 6.29 Å². The molecule has 29 heavy (non-hydrogen) atoms. The molecule has 156 valence electrons. The average molecular weight is 419 g/mol. The average Bonchev–Trinajstić information content (AvgIpc) is 3.04. The van der Waals surface area contributed by atoms with Crippen molar-refractivity contribution in [3.8, 4) is 0 Å². The lowest BCUT2D eigenvalue weighted by atomic mass is 10.1. The lowest BCUT2D eigenvalue weighted by Gasteiger charge is -2.22. The first-order valence-corrected chi connectivity index (χ1v) is 11.4. The van der Waals surface area contributed by atoms with Crippen LogP contribution in [0.3, 0.4) is 0 Å². The molecule has 0 aliphatic heterocycles. The highest BCUT2D eigenvalue weighted by Gasteiger charge is 2.27. The molecule has 0 aliphatic rings. The second kappa shape index (κ2) is 10.2. The van der Waals surface area contributed by atoms with Crippen molar-refractivity contribution in [3.63, 3.8) is 0 Å². The molecule has 2 atom stereocenters. The van der Waals surface area contributed by atoms with Crippen LogP contribution in [-0.2, 0) is 33.6 Å². The number of amides is 1. The van der Waals surface area contributed by atoms with E-state index >= 15 is 0 Å². The molecule has 2 rings (SSSR count). The van der Waals surface area contributed by atoms with E-state index in [0.29, 0.717) is 12.0 Å². The van der Waals surface area contributed by atoms with Crippen molar-refractivity contribution >= 4 is 25.9 Å². The van der Waals surface area contributed by atoms with Gasteiger partial charge in [-0.05, 0) is 26.3 Å². The number of benzene rings is 1. The number of hydrogen-bond donors (Lipinski definition) is 1. The van der Waals surface area contributed by atoms with Crippen molar-refractivity contribution in [1.29, 1.82) is 0 Å². The van der Waals surface area contributed by atoms with Gasteiger partial charge < -0.3 is 14.8 Å². The van der Waals surface area contributed by atoms with Crippen molar-refractivity contribution in [2.24, 2.45) is 0 Å². The van der Waals surface area contributed by atoms with Gasteiger partial charge in [-0.25, -0.2) is 14.3 Å². The summed E-state index contributed by atoms with van der Waals surface area (Å²) in [7, 11) is -0.428. The maximum absolute atomic E-state index is 12.7. The van der Waals surface area contributed by atoms with E-state index < -0.39 is 31.3 Å². The fourth-order valence-electron chi connectivity index (χ4n) is 2.43. The van der Waals surface area contributed by atoms with Gasteiger partial charge in [0.1, 0.15) is 25.8 Å². The molecule has 0 radical (unpaired) electrons. The maximum atomic E-state index is 12.7. The van der Waals surface area contributed by atoms with Gasteiger partial charge in [0, 0.05) is 6.42 Å². The second-order valence-electron chi connectivity index (χ2n) is 7.74. The zero-order valence-corrected chi connectivity index (χ0v) is 18.2. The third-order valence-corrected chi connectivity index (χ3v) is 4.36. The molecule has 0 bridgehead atoms. The number of carbonyl (C=O) groups is 2. The maximum Gasteiger partial charge on any atom is 0.408 e. The number of carbonyl (C=O) groups excluding carboxylic acids is 2. The Morgan fingerprint density at radius 3 is 2.59 bits per heavy atom. The lowest BCUT2D eigenvalue weighted by molar-refractivity contribution is -0.147. The fraction of sp³-hybridized carbons (Fsp3) is 0.450. The van der Waals surface area contributed by atoms with Gasteiger partial charge in [0.05, 0.1) is 24.9 Å². The summed E-state index contributed by atoms with van der Waals surface area (Å²) in [5.41, 5.74) is 0.743. The van der Waals surface area contributed by atoms with Gasteiger partial charge in [-0.2, -0.15) is 0 Å². The first kappa shape index (κ1) is 22.6. The SMILES string of the molecule is C=[P+](C)Cn1cc(CC(NC(=O)OC(C)(C)C)C(=O)OCc2ccccc2)nn1. The predicted octanol–water partition coefficient (Wildman–Crippen LogP) is 2.96. The van der Waals surface area contributed by atoms with Crippen molar-refractivity contribution < 1.29 is 19.1 Å². The number of aromatic nitrogens is 3.